The molecule has 0 bridgehead atoms. The highest BCUT2D eigenvalue weighted by Gasteiger charge is 2.52. The van der Waals surface area contributed by atoms with Crippen LogP contribution in [0.4, 0.5) is 9.18 Å². The van der Waals surface area contributed by atoms with Crippen LogP contribution in [0.1, 0.15) is 55.9 Å². The van der Waals surface area contributed by atoms with Gasteiger partial charge in [0.2, 0.25) is 0 Å². The number of aliphatic carboxylic acids is 1. The van der Waals surface area contributed by atoms with E-state index in [1.807, 2.05) is 52.0 Å². The average molecular weight is 557 g/mol. The quantitative estimate of drug-likeness (QED) is 0.330. The minimum atomic E-state index is -1.13. The lowest BCUT2D eigenvalue weighted by Crippen LogP contribution is -2.41. The molecule has 1 aliphatic carbocycles. The highest BCUT2D eigenvalue weighted by atomic mass is 19.1. The van der Waals surface area contributed by atoms with Crippen LogP contribution >= 0.6 is 0 Å². The molecule has 1 fully saturated rings. The smallest absolute Gasteiger partial charge is 0.481 e. The summed E-state index contributed by atoms with van der Waals surface area (Å²) < 4.78 is 32.3. The molecule has 1 amide bonds. The number of ether oxygens (including phenoxy) is 1. The number of hydrogen-bond donors (Lipinski definition) is 2. The van der Waals surface area contributed by atoms with Gasteiger partial charge in [0.1, 0.15) is 12.4 Å². The number of amides is 1. The third-order valence-electron chi connectivity index (χ3n) is 8.10. The molecule has 0 spiro atoms. The van der Waals surface area contributed by atoms with Gasteiger partial charge in [0.05, 0.1) is 17.6 Å². The number of carboxylic acids is 1. The van der Waals surface area contributed by atoms with Gasteiger partial charge in [0, 0.05) is 12.5 Å². The lowest BCUT2D eigenvalue weighted by molar-refractivity contribution is -0.136. The Kier molecular flexibility index (Phi) is 7.77. The van der Waals surface area contributed by atoms with Gasteiger partial charge in [-0.05, 0) is 78.7 Å². The van der Waals surface area contributed by atoms with E-state index in [2.05, 4.69) is 29.6 Å². The van der Waals surface area contributed by atoms with Crippen molar-refractivity contribution in [3.05, 3.63) is 100 Å². The second kappa shape index (κ2) is 11.1. The average Bonchev–Trinajstić information content (AvgIpc) is 3.35. The summed E-state index contributed by atoms with van der Waals surface area (Å²) in [7, 11) is -0.790. The van der Waals surface area contributed by atoms with Crippen LogP contribution in [-0.2, 0) is 25.3 Å². The maximum atomic E-state index is 14.2. The second-order valence-electron chi connectivity index (χ2n) is 11.4. The van der Waals surface area contributed by atoms with Crippen molar-refractivity contribution in [1.29, 1.82) is 0 Å². The summed E-state index contributed by atoms with van der Waals surface area (Å²) in [6.45, 7) is 7.91. The van der Waals surface area contributed by atoms with Gasteiger partial charge in [0.15, 0.2) is 0 Å². The molecule has 5 rings (SSSR count). The van der Waals surface area contributed by atoms with E-state index in [0.717, 1.165) is 22.3 Å². The number of benzene rings is 3. The van der Waals surface area contributed by atoms with Gasteiger partial charge in [-0.3, -0.25) is 4.79 Å². The van der Waals surface area contributed by atoms with Crippen LogP contribution < -0.4 is 5.32 Å². The van der Waals surface area contributed by atoms with E-state index < -0.39 is 42.6 Å². The topological polar surface area (TPSA) is 94.1 Å². The molecule has 9 heteroatoms. The van der Waals surface area contributed by atoms with Crippen molar-refractivity contribution < 1.29 is 33.1 Å². The van der Waals surface area contributed by atoms with Crippen molar-refractivity contribution >= 4 is 25.3 Å². The predicted molar refractivity (Wildman–Crippen MR) is 155 cm³/mol. The first-order valence-electron chi connectivity index (χ1n) is 13.6. The zero-order chi connectivity index (χ0) is 29.4. The summed E-state index contributed by atoms with van der Waals surface area (Å²) in [5.74, 6) is -1.80. The van der Waals surface area contributed by atoms with Crippen molar-refractivity contribution in [2.45, 2.75) is 51.2 Å². The van der Waals surface area contributed by atoms with Crippen molar-refractivity contribution in [1.82, 2.24) is 5.32 Å². The molecule has 0 radical (unpaired) electrons. The summed E-state index contributed by atoms with van der Waals surface area (Å²) in [6.07, 6.45) is 0.675. The number of rotatable bonds is 8. The molecule has 7 nitrogen and oxygen atoms in total. The van der Waals surface area contributed by atoms with E-state index in [0.29, 0.717) is 11.0 Å². The van der Waals surface area contributed by atoms with Crippen LogP contribution in [0.15, 0.2) is 72.2 Å². The second-order valence-corrected chi connectivity index (χ2v) is 11.4. The van der Waals surface area contributed by atoms with Crippen molar-refractivity contribution in [3.63, 3.8) is 0 Å². The van der Waals surface area contributed by atoms with Gasteiger partial charge in [-0.2, -0.15) is 0 Å². The zero-order valence-corrected chi connectivity index (χ0v) is 23.6. The van der Waals surface area contributed by atoms with Crippen LogP contribution in [0.3, 0.4) is 0 Å². The third-order valence-corrected chi connectivity index (χ3v) is 8.10. The number of alkyl carbamates (subject to hydrolysis) is 1. The fraction of sp³-hybridized carbons (Fsp3) is 0.312. The Balaban J connectivity index is 1.33. The van der Waals surface area contributed by atoms with E-state index in [-0.39, 0.29) is 24.6 Å². The van der Waals surface area contributed by atoms with Crippen molar-refractivity contribution in [2.24, 2.45) is 0 Å². The zero-order valence-electron chi connectivity index (χ0n) is 23.6. The third kappa shape index (κ3) is 5.92. The number of halogens is 1. The molecule has 0 atom stereocenters. The molecule has 0 saturated carbocycles. The van der Waals surface area contributed by atoms with E-state index in [9.17, 15) is 14.0 Å². The monoisotopic (exact) mass is 557 g/mol. The molecular formula is C32H33BFNO6. The van der Waals surface area contributed by atoms with E-state index in [4.69, 9.17) is 19.2 Å². The van der Waals surface area contributed by atoms with E-state index in [1.54, 1.807) is 12.1 Å². The molecule has 2 aliphatic rings. The molecule has 1 heterocycles. The molecule has 0 aromatic heterocycles. The van der Waals surface area contributed by atoms with Crippen molar-refractivity contribution in [3.8, 4) is 11.1 Å². The lowest BCUT2D eigenvalue weighted by Gasteiger charge is -2.32. The van der Waals surface area contributed by atoms with Gasteiger partial charge in [-0.25, -0.2) is 9.18 Å². The van der Waals surface area contributed by atoms with Gasteiger partial charge >= 0.3 is 19.2 Å². The molecule has 1 saturated heterocycles. The first-order chi connectivity index (χ1) is 19.4. The van der Waals surface area contributed by atoms with Gasteiger partial charge in [-0.15, -0.1) is 0 Å². The predicted octanol–water partition coefficient (Wildman–Crippen LogP) is 6.01. The molecule has 2 N–H and O–H groups in total. The number of nitrogens with one attached hydrogen (secondary N) is 1. The van der Waals surface area contributed by atoms with Gasteiger partial charge in [-0.1, -0.05) is 60.7 Å². The minimum Gasteiger partial charge on any atom is -0.481 e. The number of fused-ring (bicyclic) bond motifs is 3. The molecule has 3 aromatic rings. The maximum absolute atomic E-state index is 14.2. The summed E-state index contributed by atoms with van der Waals surface area (Å²) in [6, 6.07) is 20.5. The van der Waals surface area contributed by atoms with Crippen LogP contribution in [-0.4, -0.2) is 48.6 Å². The molecule has 0 unspecified atom stereocenters. The molecule has 3 aromatic carbocycles. The highest BCUT2D eigenvalue weighted by Crippen LogP contribution is 2.44. The Morgan fingerprint density at radius 3 is 2.15 bits per heavy atom. The number of carboxylic acid groups (broad SMARTS) is 1. The van der Waals surface area contributed by atoms with E-state index in [1.165, 1.54) is 12.1 Å². The maximum Gasteiger partial charge on any atom is 0.492 e. The summed E-state index contributed by atoms with van der Waals surface area (Å²) >= 11 is 0. The lowest BCUT2D eigenvalue weighted by atomic mass is 9.77. The summed E-state index contributed by atoms with van der Waals surface area (Å²) in [5.41, 5.74) is 4.46. The summed E-state index contributed by atoms with van der Waals surface area (Å²) in [4.78, 5) is 24.1. The van der Waals surface area contributed by atoms with Crippen LogP contribution in [0.2, 0.25) is 0 Å². The standard InChI is InChI=1S/C32H33BFNO6/c1-31(2)32(3,4)41-33(40-31)22(16-20-13-14-28(34)21(15-20)17-29(36)37)18-35-30(38)39-19-27-25-11-7-5-9-23(25)24-10-6-8-12-26(24)27/h5-16,27H,17-19H2,1-4H3,(H,35,38)(H,36,37). The fourth-order valence-corrected chi connectivity index (χ4v) is 5.22. The molecule has 212 valence electrons. The Bertz CT molecular complexity index is 1460. The SMILES string of the molecule is CC1(C)OB(C(=Cc2ccc(F)c(CC(=O)O)c2)CNC(=O)OCC2c3ccccc3-c3ccccc32)OC1(C)C. The molecular weight excluding hydrogens is 524 g/mol. The first-order valence-corrected chi connectivity index (χ1v) is 13.6. The normalized spacial score (nSPS) is 17.2. The van der Waals surface area contributed by atoms with Crippen LogP contribution in [0.25, 0.3) is 17.2 Å². The fourth-order valence-electron chi connectivity index (χ4n) is 5.22. The largest absolute Gasteiger partial charge is 0.492 e. The molecule has 41 heavy (non-hydrogen) atoms. The van der Waals surface area contributed by atoms with Gasteiger partial charge in [0.25, 0.3) is 0 Å². The molecule has 1 aliphatic heterocycles. The first kappa shape index (κ1) is 28.6. The Morgan fingerprint density at radius 2 is 1.56 bits per heavy atom. The number of hydrogen-bond acceptors (Lipinski definition) is 5. The summed E-state index contributed by atoms with van der Waals surface area (Å²) in [5, 5.41) is 12.0. The van der Waals surface area contributed by atoms with Crippen molar-refractivity contribution in [2.75, 3.05) is 13.2 Å². The highest BCUT2D eigenvalue weighted by molar-refractivity contribution is 6.56. The van der Waals surface area contributed by atoms with Crippen LogP contribution in [0, 0.1) is 5.82 Å². The number of carbonyl (C=O) groups excluding carboxylic acids is 1. The minimum absolute atomic E-state index is 0.0408. The van der Waals surface area contributed by atoms with E-state index >= 15 is 0 Å². The van der Waals surface area contributed by atoms with Gasteiger partial charge < -0.3 is 24.5 Å². The van der Waals surface area contributed by atoms with Crippen LogP contribution in [0.5, 0.6) is 0 Å². The Labute approximate surface area is 239 Å². The Morgan fingerprint density at radius 1 is 0.976 bits per heavy atom. The Hall–Kier alpha value is -3.95. The number of carbonyl (C=O) groups is 2.